The number of sulfonamides is 1. The summed E-state index contributed by atoms with van der Waals surface area (Å²) in [7, 11) is -4.05. The molecule has 0 saturated carbocycles. The predicted octanol–water partition coefficient (Wildman–Crippen LogP) is 4.24. The second kappa shape index (κ2) is 6.45. The minimum Gasteiger partial charge on any atom is -0.478 e. The van der Waals surface area contributed by atoms with E-state index in [1.165, 1.54) is 6.07 Å². The molecule has 2 N–H and O–H groups in total. The number of hydrogen-bond donors (Lipinski definition) is 2. The molecule has 0 aliphatic carbocycles. The molecular weight excluding hydrogens is 413 g/mol. The molecule has 3 rings (SSSR count). The average Bonchev–Trinajstić information content (AvgIpc) is 2.54. The third-order valence-electron chi connectivity index (χ3n) is 3.56. The fourth-order valence-corrected chi connectivity index (χ4v) is 3.88. The summed E-state index contributed by atoms with van der Waals surface area (Å²) < 4.78 is 40.9. The van der Waals surface area contributed by atoms with Crippen LogP contribution >= 0.6 is 15.9 Å². The van der Waals surface area contributed by atoms with Gasteiger partial charge in [0.15, 0.2) is 0 Å². The van der Waals surface area contributed by atoms with Gasteiger partial charge in [-0.2, -0.15) is 0 Å². The van der Waals surface area contributed by atoms with Gasteiger partial charge in [0.2, 0.25) is 0 Å². The summed E-state index contributed by atoms with van der Waals surface area (Å²) in [5.74, 6) is -1.83. The van der Waals surface area contributed by atoms with Gasteiger partial charge in [-0.3, -0.25) is 4.72 Å². The first-order valence-electron chi connectivity index (χ1n) is 7.02. The molecule has 0 aliphatic heterocycles. The molecule has 8 heteroatoms. The molecule has 0 amide bonds. The van der Waals surface area contributed by atoms with Crippen molar-refractivity contribution in [3.63, 3.8) is 0 Å². The molecule has 0 heterocycles. The average molecular weight is 424 g/mol. The number of fused-ring (bicyclic) bond motifs is 1. The smallest absolute Gasteiger partial charge is 0.338 e. The zero-order valence-electron chi connectivity index (χ0n) is 12.5. The van der Waals surface area contributed by atoms with Crippen molar-refractivity contribution in [1.29, 1.82) is 0 Å². The van der Waals surface area contributed by atoms with Gasteiger partial charge in [-0.05, 0) is 53.2 Å². The highest BCUT2D eigenvalue weighted by molar-refractivity contribution is 9.10. The molecule has 0 saturated heterocycles. The number of anilines is 1. The highest BCUT2D eigenvalue weighted by atomic mass is 79.9. The fourth-order valence-electron chi connectivity index (χ4n) is 2.43. The molecule has 0 fully saturated rings. The van der Waals surface area contributed by atoms with E-state index in [4.69, 9.17) is 0 Å². The van der Waals surface area contributed by atoms with Crippen LogP contribution in [0.25, 0.3) is 10.8 Å². The van der Waals surface area contributed by atoms with Gasteiger partial charge in [0.05, 0.1) is 16.1 Å². The lowest BCUT2D eigenvalue weighted by Gasteiger charge is -2.13. The Bertz CT molecular complexity index is 1080. The van der Waals surface area contributed by atoms with Gasteiger partial charge in [0.1, 0.15) is 5.82 Å². The minimum absolute atomic E-state index is 0.0633. The van der Waals surface area contributed by atoms with Gasteiger partial charge in [0, 0.05) is 4.47 Å². The monoisotopic (exact) mass is 423 g/mol. The van der Waals surface area contributed by atoms with E-state index in [1.807, 2.05) is 0 Å². The summed E-state index contributed by atoms with van der Waals surface area (Å²) in [5.41, 5.74) is -0.220. The summed E-state index contributed by atoms with van der Waals surface area (Å²) in [6, 6.07) is 12.3. The number of aromatic carboxylic acids is 1. The van der Waals surface area contributed by atoms with Crippen molar-refractivity contribution in [2.24, 2.45) is 0 Å². The number of benzene rings is 3. The van der Waals surface area contributed by atoms with Crippen LogP contribution < -0.4 is 4.72 Å². The predicted molar refractivity (Wildman–Crippen MR) is 95.8 cm³/mol. The Morgan fingerprint density at radius 3 is 2.36 bits per heavy atom. The summed E-state index contributed by atoms with van der Waals surface area (Å²) in [6.07, 6.45) is 0. The largest absolute Gasteiger partial charge is 0.478 e. The van der Waals surface area contributed by atoms with Crippen molar-refractivity contribution in [2.75, 3.05) is 4.72 Å². The van der Waals surface area contributed by atoms with Crippen LogP contribution in [0.4, 0.5) is 10.1 Å². The van der Waals surface area contributed by atoms with Crippen molar-refractivity contribution in [3.8, 4) is 0 Å². The third kappa shape index (κ3) is 3.49. The van der Waals surface area contributed by atoms with E-state index in [2.05, 4.69) is 20.7 Å². The Kier molecular flexibility index (Phi) is 4.49. The first-order valence-corrected chi connectivity index (χ1v) is 9.29. The Hall–Kier alpha value is -2.45. The Labute approximate surface area is 151 Å². The van der Waals surface area contributed by atoms with E-state index in [-0.39, 0.29) is 16.1 Å². The fraction of sp³-hybridized carbons (Fsp3) is 0. The van der Waals surface area contributed by atoms with Crippen molar-refractivity contribution in [1.82, 2.24) is 0 Å². The van der Waals surface area contributed by atoms with Crippen LogP contribution in [0.1, 0.15) is 10.4 Å². The molecule has 128 valence electrons. The van der Waals surface area contributed by atoms with E-state index in [9.17, 15) is 22.7 Å². The van der Waals surface area contributed by atoms with Gasteiger partial charge in [-0.1, -0.05) is 28.1 Å². The summed E-state index contributed by atoms with van der Waals surface area (Å²) in [5, 5.41) is 10.6. The Morgan fingerprint density at radius 2 is 1.72 bits per heavy atom. The summed E-state index contributed by atoms with van der Waals surface area (Å²) >= 11 is 3.31. The number of rotatable bonds is 4. The normalized spacial score (nSPS) is 11.4. The quantitative estimate of drug-likeness (QED) is 0.657. The zero-order valence-corrected chi connectivity index (χ0v) is 14.9. The van der Waals surface area contributed by atoms with E-state index in [1.54, 1.807) is 24.3 Å². The van der Waals surface area contributed by atoms with Crippen molar-refractivity contribution in [2.45, 2.75) is 4.90 Å². The lowest BCUT2D eigenvalue weighted by atomic mass is 10.0. The number of halogens is 2. The van der Waals surface area contributed by atoms with Crippen LogP contribution in [-0.4, -0.2) is 19.5 Å². The maximum atomic E-state index is 13.0. The van der Waals surface area contributed by atoms with Gasteiger partial charge in [-0.15, -0.1) is 0 Å². The van der Waals surface area contributed by atoms with Crippen molar-refractivity contribution >= 4 is 48.4 Å². The number of nitrogens with one attached hydrogen (secondary N) is 1. The molecular formula is C17H11BrFNO4S. The molecule has 0 atom stereocenters. The van der Waals surface area contributed by atoms with Crippen LogP contribution in [0.2, 0.25) is 0 Å². The zero-order chi connectivity index (χ0) is 18.2. The Morgan fingerprint density at radius 1 is 1.04 bits per heavy atom. The van der Waals surface area contributed by atoms with E-state index >= 15 is 0 Å². The summed E-state index contributed by atoms with van der Waals surface area (Å²) in [4.78, 5) is 11.5. The topological polar surface area (TPSA) is 83.5 Å². The molecule has 25 heavy (non-hydrogen) atoms. The van der Waals surface area contributed by atoms with Gasteiger partial charge >= 0.3 is 5.97 Å². The highest BCUT2D eigenvalue weighted by Gasteiger charge is 2.20. The third-order valence-corrected chi connectivity index (χ3v) is 5.44. The molecule has 0 spiro atoms. The second-order valence-corrected chi connectivity index (χ2v) is 7.82. The molecule has 0 aliphatic rings. The molecule has 0 bridgehead atoms. The first kappa shape index (κ1) is 17.4. The molecule has 0 radical (unpaired) electrons. The number of carboxylic acids is 1. The molecule has 3 aromatic rings. The maximum Gasteiger partial charge on any atom is 0.338 e. The lowest BCUT2D eigenvalue weighted by molar-refractivity contribution is 0.0700. The van der Waals surface area contributed by atoms with Gasteiger partial charge in [-0.25, -0.2) is 17.6 Å². The minimum atomic E-state index is -4.05. The van der Waals surface area contributed by atoms with Gasteiger partial charge < -0.3 is 5.11 Å². The van der Waals surface area contributed by atoms with Crippen LogP contribution in [-0.2, 0) is 10.0 Å². The van der Waals surface area contributed by atoms with Crippen LogP contribution in [0, 0.1) is 5.82 Å². The van der Waals surface area contributed by atoms with Crippen LogP contribution in [0.15, 0.2) is 64.0 Å². The van der Waals surface area contributed by atoms with E-state index in [0.717, 1.165) is 28.7 Å². The second-order valence-electron chi connectivity index (χ2n) is 5.22. The highest BCUT2D eigenvalue weighted by Crippen LogP contribution is 2.30. The molecule has 5 nitrogen and oxygen atoms in total. The summed E-state index contributed by atoms with van der Waals surface area (Å²) in [6.45, 7) is 0. The van der Waals surface area contributed by atoms with Crippen molar-refractivity contribution < 1.29 is 22.7 Å². The van der Waals surface area contributed by atoms with Crippen LogP contribution in [0.5, 0.6) is 0 Å². The maximum absolute atomic E-state index is 13.0. The van der Waals surface area contributed by atoms with Crippen LogP contribution in [0.3, 0.4) is 0 Å². The van der Waals surface area contributed by atoms with E-state index < -0.39 is 21.8 Å². The lowest BCUT2D eigenvalue weighted by Crippen LogP contribution is -2.16. The molecule has 3 aromatic carbocycles. The first-order chi connectivity index (χ1) is 11.8. The SMILES string of the molecule is O=C(O)c1c(NS(=O)(=O)c2ccc(F)cc2)ccc2cc(Br)ccc12. The van der Waals surface area contributed by atoms with Crippen molar-refractivity contribution in [3.05, 3.63) is 70.5 Å². The number of carboxylic acid groups (broad SMARTS) is 1. The Balaban J connectivity index is 2.12. The number of carbonyl (C=O) groups is 1. The number of hydrogen-bond acceptors (Lipinski definition) is 3. The van der Waals surface area contributed by atoms with Gasteiger partial charge in [0.25, 0.3) is 10.0 Å². The van der Waals surface area contributed by atoms with E-state index in [0.29, 0.717) is 10.8 Å². The standard InChI is InChI=1S/C17H11BrFNO4S/c18-11-2-7-14-10(9-11)1-8-15(16(14)17(21)22)20-25(23,24)13-5-3-12(19)4-6-13/h1-9,20H,(H,21,22). The molecule has 0 aromatic heterocycles. The molecule has 0 unspecified atom stereocenters.